The second-order valence-electron chi connectivity index (χ2n) is 9.66. The number of nitrogens with two attached hydrogens (primary N) is 1. The predicted molar refractivity (Wildman–Crippen MR) is 135 cm³/mol. The van der Waals surface area contributed by atoms with Crippen LogP contribution < -0.4 is 15.4 Å². The molecule has 8 nitrogen and oxygen atoms in total. The third-order valence-corrected chi connectivity index (χ3v) is 7.38. The highest BCUT2D eigenvalue weighted by Crippen LogP contribution is 2.56. The molecule has 0 unspecified atom stereocenters. The van der Waals surface area contributed by atoms with Crippen LogP contribution in [0.3, 0.4) is 0 Å². The van der Waals surface area contributed by atoms with Crippen molar-refractivity contribution in [3.8, 4) is 5.75 Å². The zero-order chi connectivity index (χ0) is 25.5. The SMILES string of the molecule is CCOC(=O)C(N)=C1C(=Nc2ccc(OC)cc2)C(=O)N(c2ccc(C3(C=O)CC3)cc2)CC12CC2. The summed E-state index contributed by atoms with van der Waals surface area (Å²) < 4.78 is 10.4. The molecule has 2 aliphatic carbocycles. The first-order chi connectivity index (χ1) is 17.4. The Labute approximate surface area is 209 Å². The molecule has 1 saturated heterocycles. The average Bonchev–Trinajstić information content (AvgIpc) is 3.83. The van der Waals surface area contributed by atoms with E-state index in [1.54, 1.807) is 43.2 Å². The van der Waals surface area contributed by atoms with Crippen molar-refractivity contribution in [1.29, 1.82) is 0 Å². The number of nitrogens with zero attached hydrogens (tertiary/aromatic N) is 2. The lowest BCUT2D eigenvalue weighted by atomic mass is 9.84. The summed E-state index contributed by atoms with van der Waals surface area (Å²) in [6, 6.07) is 14.6. The summed E-state index contributed by atoms with van der Waals surface area (Å²) in [6.45, 7) is 2.28. The molecule has 0 bridgehead atoms. The lowest BCUT2D eigenvalue weighted by Crippen LogP contribution is -2.50. The number of carbonyl (C=O) groups excluding carboxylic acids is 3. The average molecular weight is 488 g/mol. The van der Waals surface area contributed by atoms with E-state index < -0.39 is 11.4 Å². The van der Waals surface area contributed by atoms with E-state index in [1.165, 1.54) is 0 Å². The van der Waals surface area contributed by atoms with Crippen LogP contribution in [0.5, 0.6) is 5.75 Å². The number of aliphatic imine (C=N–C) groups is 1. The number of amides is 1. The number of hydrogen-bond acceptors (Lipinski definition) is 7. The van der Waals surface area contributed by atoms with Gasteiger partial charge in [0.2, 0.25) is 0 Å². The van der Waals surface area contributed by atoms with Crippen molar-refractivity contribution in [3.05, 3.63) is 65.4 Å². The van der Waals surface area contributed by atoms with Gasteiger partial charge in [-0.3, -0.25) is 4.79 Å². The number of esters is 1. The number of ether oxygens (including phenoxy) is 2. The van der Waals surface area contributed by atoms with Gasteiger partial charge in [-0.1, -0.05) is 12.1 Å². The van der Waals surface area contributed by atoms with E-state index in [4.69, 9.17) is 15.2 Å². The summed E-state index contributed by atoms with van der Waals surface area (Å²) in [4.78, 5) is 44.4. The maximum absolute atomic E-state index is 13.9. The number of methoxy groups -OCH3 is 1. The van der Waals surface area contributed by atoms with Crippen LogP contribution in [0.4, 0.5) is 11.4 Å². The molecule has 5 rings (SSSR count). The van der Waals surface area contributed by atoms with Gasteiger partial charge in [0.25, 0.3) is 5.91 Å². The number of aldehydes is 1. The third kappa shape index (κ3) is 4.06. The van der Waals surface area contributed by atoms with Crippen molar-refractivity contribution in [1.82, 2.24) is 0 Å². The van der Waals surface area contributed by atoms with Gasteiger partial charge in [-0.15, -0.1) is 0 Å². The highest BCUT2D eigenvalue weighted by Gasteiger charge is 2.56. The van der Waals surface area contributed by atoms with Crippen LogP contribution in [0, 0.1) is 5.41 Å². The molecule has 2 N–H and O–H groups in total. The Kier molecular flexibility index (Phi) is 5.90. The molecule has 0 atom stereocenters. The number of anilines is 1. The Morgan fingerprint density at radius 3 is 2.28 bits per heavy atom. The van der Waals surface area contributed by atoms with Crippen LogP contribution in [-0.2, 0) is 24.5 Å². The smallest absolute Gasteiger partial charge is 0.354 e. The maximum atomic E-state index is 13.9. The van der Waals surface area contributed by atoms with E-state index in [2.05, 4.69) is 4.99 Å². The summed E-state index contributed by atoms with van der Waals surface area (Å²) >= 11 is 0. The number of carbonyl (C=O) groups is 3. The minimum Gasteiger partial charge on any atom is -0.497 e. The fourth-order valence-electron chi connectivity index (χ4n) is 4.90. The standard InChI is InChI=1S/C28H29N3O5/c1-3-36-26(34)23(29)22-24(30-19-6-10-21(35-2)11-7-19)25(33)31(16-27(22)12-13-27)20-8-4-18(5-9-20)28(17-32)14-15-28/h4-11,17H,3,12-16,29H2,1-2H3. The van der Waals surface area contributed by atoms with Gasteiger partial charge in [-0.25, -0.2) is 9.79 Å². The van der Waals surface area contributed by atoms with Crippen LogP contribution in [0.1, 0.15) is 38.2 Å². The Balaban J connectivity index is 1.57. The first-order valence-corrected chi connectivity index (χ1v) is 12.2. The van der Waals surface area contributed by atoms with E-state index in [1.807, 2.05) is 24.3 Å². The molecule has 0 radical (unpaired) electrons. The molecule has 1 spiro atoms. The molecule has 2 saturated carbocycles. The van der Waals surface area contributed by atoms with Gasteiger partial charge in [-0.05, 0) is 74.6 Å². The summed E-state index contributed by atoms with van der Waals surface area (Å²) in [7, 11) is 1.58. The molecule has 2 aromatic rings. The normalized spacial score (nSPS) is 21.8. The van der Waals surface area contributed by atoms with Crippen LogP contribution in [0.15, 0.2) is 64.8 Å². The van der Waals surface area contributed by atoms with Crippen LogP contribution >= 0.6 is 0 Å². The van der Waals surface area contributed by atoms with Gasteiger partial charge >= 0.3 is 5.97 Å². The Morgan fingerprint density at radius 1 is 1.08 bits per heavy atom. The number of hydrogen-bond donors (Lipinski definition) is 1. The minimum atomic E-state index is -0.643. The zero-order valence-corrected chi connectivity index (χ0v) is 20.5. The highest BCUT2D eigenvalue weighted by atomic mass is 16.5. The predicted octanol–water partition coefficient (Wildman–Crippen LogP) is 3.60. The molecule has 36 heavy (non-hydrogen) atoms. The number of rotatable bonds is 7. The fraction of sp³-hybridized carbons (Fsp3) is 0.357. The summed E-state index contributed by atoms with van der Waals surface area (Å²) in [5.74, 6) is -0.315. The lowest BCUT2D eigenvalue weighted by Gasteiger charge is -2.36. The number of benzene rings is 2. The van der Waals surface area contributed by atoms with E-state index >= 15 is 0 Å². The van der Waals surface area contributed by atoms with Crippen molar-refractivity contribution in [2.24, 2.45) is 16.1 Å². The minimum absolute atomic E-state index is 0.0633. The van der Waals surface area contributed by atoms with Crippen molar-refractivity contribution in [3.63, 3.8) is 0 Å². The second-order valence-corrected chi connectivity index (χ2v) is 9.66. The Morgan fingerprint density at radius 2 is 1.75 bits per heavy atom. The molecular weight excluding hydrogens is 458 g/mol. The van der Waals surface area contributed by atoms with Crippen molar-refractivity contribution in [2.45, 2.75) is 38.0 Å². The molecule has 0 aromatic heterocycles. The van der Waals surface area contributed by atoms with Gasteiger partial charge in [0.05, 0.1) is 24.8 Å². The van der Waals surface area contributed by atoms with Crippen LogP contribution in [0.25, 0.3) is 0 Å². The Bertz CT molecular complexity index is 1270. The molecule has 186 valence electrons. The second kappa shape index (κ2) is 8.93. The first kappa shape index (κ1) is 23.8. The summed E-state index contributed by atoms with van der Waals surface area (Å²) in [5.41, 5.74) is 8.24. The molecular formula is C28H29N3O5. The van der Waals surface area contributed by atoms with Gasteiger partial charge in [-0.2, -0.15) is 0 Å². The molecule has 3 aliphatic rings. The van der Waals surface area contributed by atoms with E-state index in [0.717, 1.165) is 37.5 Å². The van der Waals surface area contributed by atoms with Crippen molar-refractivity contribution >= 4 is 35.2 Å². The van der Waals surface area contributed by atoms with Gasteiger partial charge in [0, 0.05) is 23.2 Å². The molecule has 1 aliphatic heterocycles. The molecule has 8 heteroatoms. The fourth-order valence-corrected chi connectivity index (χ4v) is 4.90. The lowest BCUT2D eigenvalue weighted by molar-refractivity contribution is -0.138. The monoisotopic (exact) mass is 487 g/mol. The largest absolute Gasteiger partial charge is 0.497 e. The third-order valence-electron chi connectivity index (χ3n) is 7.38. The highest BCUT2D eigenvalue weighted by molar-refractivity contribution is 6.51. The maximum Gasteiger partial charge on any atom is 0.354 e. The summed E-state index contributed by atoms with van der Waals surface area (Å²) in [5, 5.41) is 0. The Hall–Kier alpha value is -3.94. The van der Waals surface area contributed by atoms with E-state index in [0.29, 0.717) is 29.2 Å². The zero-order valence-electron chi connectivity index (χ0n) is 20.5. The van der Waals surface area contributed by atoms with Crippen molar-refractivity contribution in [2.75, 3.05) is 25.2 Å². The first-order valence-electron chi connectivity index (χ1n) is 12.2. The van der Waals surface area contributed by atoms with Crippen LogP contribution in [-0.4, -0.2) is 44.1 Å². The van der Waals surface area contributed by atoms with Gasteiger partial charge in [0.15, 0.2) is 0 Å². The number of piperidine rings is 1. The molecule has 1 heterocycles. The topological polar surface area (TPSA) is 111 Å². The molecule has 1 amide bonds. The van der Waals surface area contributed by atoms with Gasteiger partial charge in [0.1, 0.15) is 23.4 Å². The summed E-state index contributed by atoms with van der Waals surface area (Å²) in [6.07, 6.45) is 4.27. The van der Waals surface area contributed by atoms with Crippen molar-refractivity contribution < 1.29 is 23.9 Å². The van der Waals surface area contributed by atoms with E-state index in [-0.39, 0.29) is 29.3 Å². The van der Waals surface area contributed by atoms with Gasteiger partial charge < -0.3 is 24.9 Å². The van der Waals surface area contributed by atoms with Crippen LogP contribution in [0.2, 0.25) is 0 Å². The molecule has 2 aromatic carbocycles. The molecule has 3 fully saturated rings. The van der Waals surface area contributed by atoms with E-state index in [9.17, 15) is 14.4 Å². The quantitative estimate of drug-likeness (QED) is 0.363.